The lowest BCUT2D eigenvalue weighted by molar-refractivity contribution is 0.0601. The molecule has 0 radical (unpaired) electrons. The maximum Gasteiger partial charge on any atom is 0.341 e. The van der Waals surface area contributed by atoms with Gasteiger partial charge < -0.3 is 29.7 Å². The number of hydrogen-bond acceptors (Lipinski definition) is 8. The van der Waals surface area contributed by atoms with Crippen LogP contribution >= 0.6 is 11.3 Å². The van der Waals surface area contributed by atoms with E-state index in [4.69, 9.17) is 24.4 Å². The molecule has 3 N–H and O–H groups in total. The molecule has 0 bridgehead atoms. The monoisotopic (exact) mass is 444 g/mol. The van der Waals surface area contributed by atoms with Gasteiger partial charge >= 0.3 is 5.97 Å². The topological polar surface area (TPSA) is 130 Å². The fourth-order valence-corrected chi connectivity index (χ4v) is 3.86. The molecule has 9 nitrogen and oxygen atoms in total. The molecule has 1 aromatic carbocycles. The number of primary amides is 1. The zero-order valence-electron chi connectivity index (χ0n) is 17.0. The lowest BCUT2D eigenvalue weighted by atomic mass is 10.1. The zero-order chi connectivity index (χ0) is 22.5. The highest BCUT2D eigenvalue weighted by Gasteiger charge is 2.26. The molecule has 0 aliphatic rings. The van der Waals surface area contributed by atoms with Crippen molar-refractivity contribution < 1.29 is 33.0 Å². The molecule has 0 aliphatic carbocycles. The summed E-state index contributed by atoms with van der Waals surface area (Å²) in [5.74, 6) is -0.496. The molecule has 10 heteroatoms. The van der Waals surface area contributed by atoms with Crippen molar-refractivity contribution in [2.45, 2.75) is 13.5 Å². The van der Waals surface area contributed by atoms with E-state index >= 15 is 0 Å². The highest BCUT2D eigenvalue weighted by atomic mass is 32.1. The van der Waals surface area contributed by atoms with E-state index in [1.54, 1.807) is 31.2 Å². The summed E-state index contributed by atoms with van der Waals surface area (Å²) in [7, 11) is 2.74. The van der Waals surface area contributed by atoms with Crippen molar-refractivity contribution in [1.29, 1.82) is 0 Å². The first kappa shape index (κ1) is 21.9. The van der Waals surface area contributed by atoms with Gasteiger partial charge in [-0.05, 0) is 36.8 Å². The summed E-state index contributed by atoms with van der Waals surface area (Å²) >= 11 is 0.892. The van der Waals surface area contributed by atoms with Gasteiger partial charge in [0.1, 0.15) is 17.4 Å². The number of carbonyl (C=O) groups excluding carboxylic acids is 3. The normalized spacial score (nSPS) is 10.4. The lowest BCUT2D eigenvalue weighted by Gasteiger charge is -2.08. The summed E-state index contributed by atoms with van der Waals surface area (Å²) in [5, 5.41) is 2.72. The van der Waals surface area contributed by atoms with Crippen LogP contribution in [0.4, 0.5) is 5.00 Å². The first-order chi connectivity index (χ1) is 14.8. The molecule has 2 amide bonds. The van der Waals surface area contributed by atoms with Crippen molar-refractivity contribution in [2.75, 3.05) is 19.5 Å². The smallest absolute Gasteiger partial charge is 0.341 e. The number of para-hydroxylation sites is 2. The van der Waals surface area contributed by atoms with Gasteiger partial charge in [0.25, 0.3) is 11.8 Å². The van der Waals surface area contributed by atoms with Gasteiger partial charge in [0.15, 0.2) is 17.3 Å². The van der Waals surface area contributed by atoms with Crippen LogP contribution in [0.25, 0.3) is 0 Å². The minimum Gasteiger partial charge on any atom is -0.493 e. The summed E-state index contributed by atoms with van der Waals surface area (Å²) in [6.45, 7) is 1.63. The maximum atomic E-state index is 12.6. The number of esters is 1. The number of benzene rings is 1. The fraction of sp³-hybridized carbons (Fsp3) is 0.190. The summed E-state index contributed by atoms with van der Waals surface area (Å²) in [6, 6.07) is 10.2. The van der Waals surface area contributed by atoms with Crippen LogP contribution in [-0.2, 0) is 11.3 Å². The number of ether oxygens (including phenoxy) is 3. The number of thiophene rings is 1. The predicted molar refractivity (Wildman–Crippen MR) is 113 cm³/mol. The fourth-order valence-electron chi connectivity index (χ4n) is 2.81. The molecular weight excluding hydrogens is 424 g/mol. The van der Waals surface area contributed by atoms with Crippen LogP contribution in [0.1, 0.15) is 41.9 Å². The Hall–Kier alpha value is -3.79. The van der Waals surface area contributed by atoms with E-state index in [0.717, 1.165) is 11.3 Å². The number of nitrogens with one attached hydrogen (secondary N) is 1. The Kier molecular flexibility index (Phi) is 6.61. The van der Waals surface area contributed by atoms with Gasteiger partial charge in [-0.25, -0.2) is 4.79 Å². The average molecular weight is 444 g/mol. The zero-order valence-corrected chi connectivity index (χ0v) is 17.8. The van der Waals surface area contributed by atoms with E-state index in [1.165, 1.54) is 20.3 Å². The van der Waals surface area contributed by atoms with Crippen molar-refractivity contribution in [3.05, 3.63) is 63.9 Å². The molecule has 0 aliphatic heterocycles. The Labute approximate surface area is 181 Å². The van der Waals surface area contributed by atoms with Gasteiger partial charge in [0.05, 0.1) is 24.7 Å². The van der Waals surface area contributed by atoms with E-state index in [2.05, 4.69) is 5.32 Å². The predicted octanol–water partition coefficient (Wildman–Crippen LogP) is 3.37. The van der Waals surface area contributed by atoms with Gasteiger partial charge in [-0.1, -0.05) is 12.1 Å². The van der Waals surface area contributed by atoms with Gasteiger partial charge in [-0.15, -0.1) is 11.3 Å². The third-order valence-electron chi connectivity index (χ3n) is 4.31. The molecule has 0 unspecified atom stereocenters. The van der Waals surface area contributed by atoms with E-state index in [1.807, 2.05) is 6.07 Å². The number of amides is 2. The van der Waals surface area contributed by atoms with Gasteiger partial charge in [0, 0.05) is 0 Å². The van der Waals surface area contributed by atoms with E-state index in [0.29, 0.717) is 22.8 Å². The van der Waals surface area contributed by atoms with Crippen molar-refractivity contribution >= 4 is 34.1 Å². The van der Waals surface area contributed by atoms with Gasteiger partial charge in [0.2, 0.25) is 0 Å². The van der Waals surface area contributed by atoms with E-state index in [9.17, 15) is 14.4 Å². The van der Waals surface area contributed by atoms with Crippen molar-refractivity contribution in [1.82, 2.24) is 0 Å². The van der Waals surface area contributed by atoms with Crippen LogP contribution < -0.4 is 20.5 Å². The number of nitrogens with two attached hydrogens (primary N) is 1. The molecular formula is C21H20N2O7S. The minimum atomic E-state index is -0.707. The minimum absolute atomic E-state index is 0.00104. The lowest BCUT2D eigenvalue weighted by Crippen LogP contribution is -2.14. The standard InChI is InChI=1S/C21H20N2O7S/c1-11-16(21(26)28-3)20(31-17(11)18(22)24)23-19(25)15-9-8-12(30-15)10-29-14-7-5-4-6-13(14)27-2/h4-9H,10H2,1-3H3,(H2,22,24)(H,23,25). The summed E-state index contributed by atoms with van der Waals surface area (Å²) < 4.78 is 21.2. The van der Waals surface area contributed by atoms with Crippen LogP contribution in [0.15, 0.2) is 40.8 Å². The first-order valence-electron chi connectivity index (χ1n) is 9.03. The molecule has 0 fully saturated rings. The maximum absolute atomic E-state index is 12.6. The SMILES string of the molecule is COC(=O)c1c(NC(=O)c2ccc(COc3ccccc3OC)o2)sc(C(N)=O)c1C. The molecule has 3 rings (SSSR count). The van der Waals surface area contributed by atoms with Gasteiger partial charge in [-0.2, -0.15) is 0 Å². The Morgan fingerprint density at radius 3 is 2.45 bits per heavy atom. The number of hydrogen-bond donors (Lipinski definition) is 2. The van der Waals surface area contributed by atoms with E-state index < -0.39 is 17.8 Å². The largest absolute Gasteiger partial charge is 0.493 e. The Morgan fingerprint density at radius 1 is 1.10 bits per heavy atom. The van der Waals surface area contributed by atoms with Crippen molar-refractivity contribution in [3.63, 3.8) is 0 Å². The number of rotatable bonds is 8. The molecule has 2 aromatic heterocycles. The molecule has 0 spiro atoms. The molecule has 31 heavy (non-hydrogen) atoms. The highest BCUT2D eigenvalue weighted by molar-refractivity contribution is 7.18. The molecule has 0 saturated carbocycles. The molecule has 0 atom stereocenters. The van der Waals surface area contributed by atoms with Crippen LogP contribution in [0, 0.1) is 6.92 Å². The average Bonchev–Trinajstić information content (AvgIpc) is 3.36. The summed E-state index contributed by atoms with van der Waals surface area (Å²) in [4.78, 5) is 36.5. The number of anilines is 1. The Bertz CT molecular complexity index is 1130. The van der Waals surface area contributed by atoms with Crippen molar-refractivity contribution in [2.24, 2.45) is 5.73 Å². The molecule has 162 valence electrons. The van der Waals surface area contributed by atoms with Crippen LogP contribution in [-0.4, -0.2) is 32.0 Å². The summed E-state index contributed by atoms with van der Waals surface area (Å²) in [6.07, 6.45) is 0. The van der Waals surface area contributed by atoms with Crippen molar-refractivity contribution in [3.8, 4) is 11.5 Å². The number of methoxy groups -OCH3 is 2. The highest BCUT2D eigenvalue weighted by Crippen LogP contribution is 2.34. The third kappa shape index (κ3) is 4.69. The van der Waals surface area contributed by atoms with Crippen LogP contribution in [0.2, 0.25) is 0 Å². The number of furan rings is 1. The second-order valence-electron chi connectivity index (χ2n) is 6.28. The van der Waals surface area contributed by atoms with Crippen LogP contribution in [0.3, 0.4) is 0 Å². The van der Waals surface area contributed by atoms with Crippen LogP contribution in [0.5, 0.6) is 11.5 Å². The molecule has 0 saturated heterocycles. The second-order valence-corrected chi connectivity index (χ2v) is 7.30. The Morgan fingerprint density at radius 2 is 1.81 bits per heavy atom. The van der Waals surface area contributed by atoms with E-state index in [-0.39, 0.29) is 27.8 Å². The van der Waals surface area contributed by atoms with Gasteiger partial charge in [-0.3, -0.25) is 9.59 Å². The molecule has 3 aromatic rings. The Balaban J connectivity index is 1.75. The third-order valence-corrected chi connectivity index (χ3v) is 5.53. The quantitative estimate of drug-likeness (QED) is 0.509. The number of carbonyl (C=O) groups is 3. The second kappa shape index (κ2) is 9.35. The molecule has 2 heterocycles. The first-order valence-corrected chi connectivity index (χ1v) is 9.84. The summed E-state index contributed by atoms with van der Waals surface area (Å²) in [5.41, 5.74) is 5.76.